The monoisotopic (exact) mass is 334 g/mol. The number of halogens is 1. The lowest BCUT2D eigenvalue weighted by molar-refractivity contribution is 0.0954. The van der Waals surface area contributed by atoms with Crippen molar-refractivity contribution in [3.8, 4) is 10.6 Å². The number of carbonyl (C=O) groups excluding carboxylic acids is 1. The fraction of sp³-hybridized carbons (Fsp3) is 0.133. The molecule has 1 amide bonds. The maximum absolute atomic E-state index is 11.9. The third-order valence-corrected chi connectivity index (χ3v) is 3.76. The molecule has 7 heteroatoms. The van der Waals surface area contributed by atoms with E-state index in [1.165, 1.54) is 11.3 Å². The molecule has 114 valence electrons. The third-order valence-electron chi connectivity index (χ3n) is 2.68. The number of anilines is 1. The highest BCUT2D eigenvalue weighted by atomic mass is 35.5. The van der Waals surface area contributed by atoms with E-state index in [0.29, 0.717) is 28.9 Å². The second kappa shape index (κ2) is 7.72. The molecule has 0 aromatic carbocycles. The van der Waals surface area contributed by atoms with Crippen LogP contribution in [0.15, 0.2) is 43.0 Å². The lowest BCUT2D eigenvalue weighted by Crippen LogP contribution is -2.23. The summed E-state index contributed by atoms with van der Waals surface area (Å²) in [6, 6.07) is 1.72. The highest BCUT2D eigenvalue weighted by Crippen LogP contribution is 2.31. The number of thiazole rings is 1. The number of hydrogen-bond donors (Lipinski definition) is 2. The summed E-state index contributed by atoms with van der Waals surface area (Å²) in [4.78, 5) is 20.3. The van der Waals surface area contributed by atoms with Crippen molar-refractivity contribution >= 4 is 34.5 Å². The van der Waals surface area contributed by atoms with Gasteiger partial charge in [-0.25, -0.2) is 9.97 Å². The second-order valence-electron chi connectivity index (χ2n) is 4.26. The van der Waals surface area contributed by atoms with Crippen molar-refractivity contribution in [3.63, 3.8) is 0 Å². The van der Waals surface area contributed by atoms with Gasteiger partial charge in [-0.05, 0) is 6.07 Å². The van der Waals surface area contributed by atoms with Crippen LogP contribution in [0.2, 0.25) is 5.15 Å². The molecular formula is C15H15ClN4OS. The molecule has 0 saturated heterocycles. The Balaban J connectivity index is 2.28. The highest BCUT2D eigenvalue weighted by Gasteiger charge is 2.14. The van der Waals surface area contributed by atoms with Crippen LogP contribution >= 0.6 is 22.9 Å². The lowest BCUT2D eigenvalue weighted by Gasteiger charge is -2.08. The van der Waals surface area contributed by atoms with Crippen molar-refractivity contribution in [1.29, 1.82) is 0 Å². The van der Waals surface area contributed by atoms with Gasteiger partial charge in [-0.15, -0.1) is 24.5 Å². The quantitative estimate of drug-likeness (QED) is 0.601. The molecule has 5 nitrogen and oxygen atoms in total. The normalized spacial score (nSPS) is 10.0. The van der Waals surface area contributed by atoms with E-state index in [-0.39, 0.29) is 5.91 Å². The van der Waals surface area contributed by atoms with Crippen molar-refractivity contribution in [1.82, 2.24) is 15.3 Å². The molecule has 2 N–H and O–H groups in total. The molecule has 0 fully saturated rings. The third kappa shape index (κ3) is 3.93. The van der Waals surface area contributed by atoms with Crippen molar-refractivity contribution in [2.45, 2.75) is 0 Å². The van der Waals surface area contributed by atoms with Gasteiger partial charge in [0.25, 0.3) is 5.91 Å². The second-order valence-corrected chi connectivity index (χ2v) is 5.50. The van der Waals surface area contributed by atoms with Gasteiger partial charge in [0.2, 0.25) is 0 Å². The molecule has 0 radical (unpaired) electrons. The molecule has 2 aromatic heterocycles. The van der Waals surface area contributed by atoms with Gasteiger partial charge in [-0.2, -0.15) is 0 Å². The number of nitrogens with one attached hydrogen (secondary N) is 2. The molecule has 0 aliphatic carbocycles. The Morgan fingerprint density at radius 3 is 2.86 bits per heavy atom. The van der Waals surface area contributed by atoms with Crippen LogP contribution in [0.4, 0.5) is 5.69 Å². The molecule has 2 heterocycles. The molecule has 0 bridgehead atoms. The number of carbonyl (C=O) groups is 1. The average Bonchev–Trinajstić information content (AvgIpc) is 3.00. The molecule has 0 spiro atoms. The van der Waals surface area contributed by atoms with E-state index < -0.39 is 0 Å². The number of rotatable bonds is 7. The highest BCUT2D eigenvalue weighted by molar-refractivity contribution is 7.13. The number of amides is 1. The van der Waals surface area contributed by atoms with Crippen LogP contribution in [0.3, 0.4) is 0 Å². The van der Waals surface area contributed by atoms with Gasteiger partial charge in [-0.3, -0.25) is 4.79 Å². The average molecular weight is 335 g/mol. The lowest BCUT2D eigenvalue weighted by atomic mass is 10.2. The first-order valence-corrected chi connectivity index (χ1v) is 7.76. The fourth-order valence-corrected chi connectivity index (χ4v) is 2.67. The van der Waals surface area contributed by atoms with Gasteiger partial charge in [0.05, 0.1) is 5.56 Å². The predicted molar refractivity (Wildman–Crippen MR) is 91.6 cm³/mol. The van der Waals surface area contributed by atoms with Crippen LogP contribution in [0.25, 0.3) is 10.6 Å². The van der Waals surface area contributed by atoms with E-state index in [4.69, 9.17) is 11.6 Å². The molecule has 0 aliphatic rings. The van der Waals surface area contributed by atoms with Gasteiger partial charge in [-0.1, -0.05) is 23.8 Å². The van der Waals surface area contributed by atoms with Crippen LogP contribution in [-0.2, 0) is 0 Å². The summed E-state index contributed by atoms with van der Waals surface area (Å²) in [5, 5.41) is 8.67. The smallest absolute Gasteiger partial charge is 0.271 e. The molecule has 0 unspecified atom stereocenters. The summed E-state index contributed by atoms with van der Waals surface area (Å²) >= 11 is 7.30. The summed E-state index contributed by atoms with van der Waals surface area (Å²) in [7, 11) is 0. The summed E-state index contributed by atoms with van der Waals surface area (Å²) in [6.45, 7) is 8.22. The van der Waals surface area contributed by atoms with Crippen molar-refractivity contribution in [3.05, 3.63) is 53.8 Å². The zero-order chi connectivity index (χ0) is 15.9. The van der Waals surface area contributed by atoms with E-state index in [1.807, 2.05) is 0 Å². The standard InChI is InChI=1S/C15H15ClN4OS/c1-3-5-17-11-7-13(16)19-8-10(11)15-20-12(9-22-15)14(21)18-6-4-2/h3-4,7-9H,1-2,5-6H2,(H,17,19)(H,18,21). The van der Waals surface area contributed by atoms with E-state index in [9.17, 15) is 4.79 Å². The molecular weight excluding hydrogens is 320 g/mol. The zero-order valence-corrected chi connectivity index (χ0v) is 13.4. The van der Waals surface area contributed by atoms with Gasteiger partial charge in [0.15, 0.2) is 0 Å². The van der Waals surface area contributed by atoms with Crippen LogP contribution in [-0.4, -0.2) is 29.0 Å². The summed E-state index contributed by atoms with van der Waals surface area (Å²) in [5.74, 6) is -0.232. The molecule has 2 aromatic rings. The first kappa shape index (κ1) is 16.2. The SMILES string of the molecule is C=CCNC(=O)c1csc(-c2cnc(Cl)cc2NCC=C)n1. The van der Waals surface area contributed by atoms with Crippen LogP contribution in [0.5, 0.6) is 0 Å². The Hall–Kier alpha value is -2.18. The van der Waals surface area contributed by atoms with Crippen LogP contribution < -0.4 is 10.6 Å². The Morgan fingerprint density at radius 1 is 1.36 bits per heavy atom. The molecule has 0 saturated carbocycles. The Kier molecular flexibility index (Phi) is 5.68. The minimum Gasteiger partial charge on any atom is -0.381 e. The Morgan fingerprint density at radius 2 is 2.14 bits per heavy atom. The topological polar surface area (TPSA) is 66.9 Å². The number of pyridine rings is 1. The van der Waals surface area contributed by atoms with Gasteiger partial charge in [0, 0.05) is 30.4 Å². The molecule has 2 rings (SSSR count). The Labute approximate surface area is 137 Å². The summed E-state index contributed by atoms with van der Waals surface area (Å²) in [5.41, 5.74) is 1.96. The van der Waals surface area contributed by atoms with E-state index >= 15 is 0 Å². The van der Waals surface area contributed by atoms with Crippen molar-refractivity contribution in [2.75, 3.05) is 18.4 Å². The predicted octanol–water partition coefficient (Wildman–Crippen LogP) is 3.37. The van der Waals surface area contributed by atoms with Crippen molar-refractivity contribution < 1.29 is 4.79 Å². The van der Waals surface area contributed by atoms with Gasteiger partial charge < -0.3 is 10.6 Å². The van der Waals surface area contributed by atoms with E-state index in [2.05, 4.69) is 33.8 Å². The number of nitrogens with zero attached hydrogens (tertiary/aromatic N) is 2. The number of aromatic nitrogens is 2. The largest absolute Gasteiger partial charge is 0.381 e. The van der Waals surface area contributed by atoms with Gasteiger partial charge >= 0.3 is 0 Å². The van der Waals surface area contributed by atoms with Crippen molar-refractivity contribution in [2.24, 2.45) is 0 Å². The van der Waals surface area contributed by atoms with E-state index in [1.54, 1.807) is 29.8 Å². The maximum Gasteiger partial charge on any atom is 0.271 e. The molecule has 0 aliphatic heterocycles. The summed E-state index contributed by atoms with van der Waals surface area (Å²) < 4.78 is 0. The first-order valence-electron chi connectivity index (χ1n) is 6.51. The van der Waals surface area contributed by atoms with Crippen LogP contribution in [0, 0.1) is 0 Å². The minimum atomic E-state index is -0.232. The maximum atomic E-state index is 11.9. The minimum absolute atomic E-state index is 0.232. The Bertz CT molecular complexity index is 699. The zero-order valence-electron chi connectivity index (χ0n) is 11.8. The molecule has 22 heavy (non-hydrogen) atoms. The fourth-order valence-electron chi connectivity index (χ4n) is 1.69. The van der Waals surface area contributed by atoms with Gasteiger partial charge in [0.1, 0.15) is 15.9 Å². The van der Waals surface area contributed by atoms with E-state index in [0.717, 1.165) is 11.3 Å². The summed E-state index contributed by atoms with van der Waals surface area (Å²) in [6.07, 6.45) is 5.00. The molecule has 0 atom stereocenters. The first-order chi connectivity index (χ1) is 10.7. The van der Waals surface area contributed by atoms with Crippen LogP contribution in [0.1, 0.15) is 10.5 Å². The number of hydrogen-bond acceptors (Lipinski definition) is 5.